The van der Waals surface area contributed by atoms with E-state index < -0.39 is 24.0 Å². The van der Waals surface area contributed by atoms with Crippen LogP contribution in [0.15, 0.2) is 12.5 Å². The normalized spacial score (nSPS) is 33.3. The van der Waals surface area contributed by atoms with E-state index in [1.54, 1.807) is 10.8 Å². The zero-order chi connectivity index (χ0) is 16.2. The number of anilines is 2. The van der Waals surface area contributed by atoms with Gasteiger partial charge in [0.25, 0.3) is 0 Å². The SMILES string of the molecule is C[C@@]1(O)[C@H](O)[C@@H](CO)O[C@H]1n1cc2c3c(ncnc31)NCCN2. The average molecular weight is 321 g/mol. The van der Waals surface area contributed by atoms with E-state index in [9.17, 15) is 15.3 Å². The zero-order valence-corrected chi connectivity index (χ0v) is 12.6. The van der Waals surface area contributed by atoms with Crippen molar-refractivity contribution in [3.8, 4) is 0 Å². The summed E-state index contributed by atoms with van der Waals surface area (Å²) in [5, 5.41) is 37.5. The highest BCUT2D eigenvalue weighted by Crippen LogP contribution is 2.42. The first kappa shape index (κ1) is 14.6. The maximum absolute atomic E-state index is 10.7. The molecule has 4 atom stereocenters. The fourth-order valence-corrected chi connectivity index (χ4v) is 3.30. The molecule has 23 heavy (non-hydrogen) atoms. The van der Waals surface area contributed by atoms with Gasteiger partial charge in [-0.3, -0.25) is 0 Å². The van der Waals surface area contributed by atoms with Crippen LogP contribution in [0.3, 0.4) is 0 Å². The number of nitrogens with one attached hydrogen (secondary N) is 2. The molecule has 5 N–H and O–H groups in total. The Kier molecular flexibility index (Phi) is 3.20. The molecule has 0 amide bonds. The van der Waals surface area contributed by atoms with Crippen LogP contribution in [0.4, 0.5) is 11.5 Å². The van der Waals surface area contributed by atoms with Gasteiger partial charge in [0.2, 0.25) is 0 Å². The van der Waals surface area contributed by atoms with Gasteiger partial charge >= 0.3 is 0 Å². The first-order valence-electron chi connectivity index (χ1n) is 7.54. The van der Waals surface area contributed by atoms with Gasteiger partial charge in [0, 0.05) is 19.3 Å². The summed E-state index contributed by atoms with van der Waals surface area (Å²) in [5.74, 6) is 0.714. The van der Waals surface area contributed by atoms with E-state index in [1.807, 2.05) is 0 Å². The molecule has 0 aromatic carbocycles. The first-order chi connectivity index (χ1) is 11.0. The highest BCUT2D eigenvalue weighted by Gasteiger charge is 2.53. The monoisotopic (exact) mass is 321 g/mol. The molecule has 2 aromatic rings. The average Bonchev–Trinajstić information content (AvgIpc) is 2.90. The van der Waals surface area contributed by atoms with Gasteiger partial charge in [-0.2, -0.15) is 0 Å². The maximum Gasteiger partial charge on any atom is 0.167 e. The number of aromatic nitrogens is 3. The summed E-state index contributed by atoms with van der Waals surface area (Å²) >= 11 is 0. The van der Waals surface area contributed by atoms with Gasteiger partial charge in [-0.25, -0.2) is 9.97 Å². The summed E-state index contributed by atoms with van der Waals surface area (Å²) in [5.41, 5.74) is -0.135. The molecule has 1 saturated heterocycles. The third kappa shape index (κ3) is 2.01. The Morgan fingerprint density at radius 2 is 2.17 bits per heavy atom. The molecule has 2 aromatic heterocycles. The van der Waals surface area contributed by atoms with Crippen molar-refractivity contribution >= 4 is 22.5 Å². The molecule has 4 heterocycles. The number of nitrogens with zero attached hydrogens (tertiary/aromatic N) is 3. The highest BCUT2D eigenvalue weighted by atomic mass is 16.6. The number of aliphatic hydroxyl groups is 3. The molecule has 2 aliphatic rings. The molecule has 2 aliphatic heterocycles. The van der Waals surface area contributed by atoms with Gasteiger partial charge in [-0.1, -0.05) is 0 Å². The standard InChI is InChI=1S/C14H19N5O4/c1-14(22)10(21)8(5-20)23-13(14)19-4-7-9-11(16-3-2-15-7)17-6-18-12(9)19/h4,6,8,10,13,15,20-22H,2-3,5H2,1H3,(H,16,17,18)/t8-,10-,13-,14-/m1/s1. The Bertz CT molecular complexity index is 746. The second-order valence-electron chi connectivity index (χ2n) is 6.10. The van der Waals surface area contributed by atoms with E-state index in [-0.39, 0.29) is 6.61 Å². The van der Waals surface area contributed by atoms with Gasteiger partial charge in [-0.05, 0) is 6.92 Å². The molecule has 0 saturated carbocycles. The molecule has 124 valence electrons. The fraction of sp³-hybridized carbons (Fsp3) is 0.571. The van der Waals surface area contributed by atoms with E-state index in [4.69, 9.17) is 4.74 Å². The van der Waals surface area contributed by atoms with Crippen LogP contribution in [0.1, 0.15) is 13.2 Å². The van der Waals surface area contributed by atoms with Gasteiger partial charge in [0.1, 0.15) is 35.6 Å². The van der Waals surface area contributed by atoms with Crippen LogP contribution >= 0.6 is 0 Å². The summed E-state index contributed by atoms with van der Waals surface area (Å²) in [6.07, 6.45) is 0.325. The fourth-order valence-electron chi connectivity index (χ4n) is 3.30. The van der Waals surface area contributed by atoms with Crippen molar-refractivity contribution in [1.29, 1.82) is 0 Å². The van der Waals surface area contributed by atoms with Crippen LogP contribution < -0.4 is 10.6 Å². The zero-order valence-electron chi connectivity index (χ0n) is 12.6. The van der Waals surface area contributed by atoms with Crippen LogP contribution in [0.2, 0.25) is 0 Å². The molecular weight excluding hydrogens is 302 g/mol. The van der Waals surface area contributed by atoms with Crippen LogP contribution in [-0.4, -0.2) is 67.4 Å². The van der Waals surface area contributed by atoms with Crippen molar-refractivity contribution in [3.63, 3.8) is 0 Å². The van der Waals surface area contributed by atoms with Crippen LogP contribution in [-0.2, 0) is 4.74 Å². The van der Waals surface area contributed by atoms with E-state index in [1.165, 1.54) is 13.3 Å². The van der Waals surface area contributed by atoms with Gasteiger partial charge in [0.15, 0.2) is 6.23 Å². The number of ether oxygens (including phenoxy) is 1. The molecule has 4 rings (SSSR count). The first-order valence-corrected chi connectivity index (χ1v) is 7.54. The molecular formula is C14H19N5O4. The minimum Gasteiger partial charge on any atom is -0.394 e. The molecule has 1 fully saturated rings. The largest absolute Gasteiger partial charge is 0.394 e. The van der Waals surface area contributed by atoms with Crippen molar-refractivity contribution in [2.75, 3.05) is 30.3 Å². The third-order valence-corrected chi connectivity index (χ3v) is 4.53. The van der Waals surface area contributed by atoms with Gasteiger partial charge in [-0.15, -0.1) is 0 Å². The summed E-state index contributed by atoms with van der Waals surface area (Å²) in [6, 6.07) is 0. The Morgan fingerprint density at radius 1 is 1.39 bits per heavy atom. The number of hydrogen-bond acceptors (Lipinski definition) is 8. The van der Waals surface area contributed by atoms with Crippen molar-refractivity contribution in [1.82, 2.24) is 14.5 Å². The van der Waals surface area contributed by atoms with E-state index >= 15 is 0 Å². The highest BCUT2D eigenvalue weighted by molar-refractivity contribution is 5.99. The topological polar surface area (TPSA) is 125 Å². The Balaban J connectivity index is 1.87. The minimum absolute atomic E-state index is 0.375. The van der Waals surface area contributed by atoms with Crippen molar-refractivity contribution in [2.24, 2.45) is 0 Å². The van der Waals surface area contributed by atoms with Gasteiger partial charge < -0.3 is 35.3 Å². The molecule has 0 radical (unpaired) electrons. The predicted molar refractivity (Wildman–Crippen MR) is 82.1 cm³/mol. The molecule has 0 spiro atoms. The minimum atomic E-state index is -1.56. The lowest BCUT2D eigenvalue weighted by molar-refractivity contribution is -0.0947. The Labute approximate surface area is 131 Å². The number of aliphatic hydroxyl groups excluding tert-OH is 2. The molecule has 0 aliphatic carbocycles. The molecule has 9 heteroatoms. The van der Waals surface area contributed by atoms with Crippen LogP contribution in [0.25, 0.3) is 11.0 Å². The Morgan fingerprint density at radius 3 is 2.91 bits per heavy atom. The maximum atomic E-state index is 10.7. The second kappa shape index (κ2) is 5.03. The lowest BCUT2D eigenvalue weighted by Gasteiger charge is -2.27. The second-order valence-corrected chi connectivity index (χ2v) is 6.10. The van der Waals surface area contributed by atoms with Crippen LogP contribution in [0.5, 0.6) is 0 Å². The molecule has 0 bridgehead atoms. The number of hydrogen-bond donors (Lipinski definition) is 5. The van der Waals surface area contributed by atoms with Crippen molar-refractivity contribution in [3.05, 3.63) is 12.5 Å². The van der Waals surface area contributed by atoms with Gasteiger partial charge in [0.05, 0.1) is 17.7 Å². The number of rotatable bonds is 2. The summed E-state index contributed by atoms with van der Waals surface area (Å²) in [6.45, 7) is 2.58. The lowest BCUT2D eigenvalue weighted by Crippen LogP contribution is -2.44. The Hall–Kier alpha value is -1.94. The summed E-state index contributed by atoms with van der Waals surface area (Å²) in [7, 11) is 0. The summed E-state index contributed by atoms with van der Waals surface area (Å²) in [4.78, 5) is 8.56. The molecule has 0 unspecified atom stereocenters. The third-order valence-electron chi connectivity index (χ3n) is 4.53. The van der Waals surface area contributed by atoms with Crippen molar-refractivity contribution in [2.45, 2.75) is 31.0 Å². The van der Waals surface area contributed by atoms with Crippen molar-refractivity contribution < 1.29 is 20.1 Å². The lowest BCUT2D eigenvalue weighted by atomic mass is 9.96. The van der Waals surface area contributed by atoms with E-state index in [0.29, 0.717) is 11.5 Å². The van der Waals surface area contributed by atoms with E-state index in [0.717, 1.165) is 24.2 Å². The predicted octanol–water partition coefficient (Wildman–Crippen LogP) is -0.730. The quantitative estimate of drug-likeness (QED) is 0.490. The summed E-state index contributed by atoms with van der Waals surface area (Å²) < 4.78 is 7.36. The smallest absolute Gasteiger partial charge is 0.167 e. The van der Waals surface area contributed by atoms with E-state index in [2.05, 4.69) is 20.6 Å². The van der Waals surface area contributed by atoms with Crippen LogP contribution in [0, 0.1) is 0 Å². The molecule has 9 nitrogen and oxygen atoms in total.